The van der Waals surface area contributed by atoms with Crippen molar-refractivity contribution < 1.29 is 17.6 Å². The molecule has 0 unspecified atom stereocenters. The molecule has 0 radical (unpaired) electrons. The van der Waals surface area contributed by atoms with Crippen molar-refractivity contribution >= 4 is 48.3 Å². The standard InChI is InChI=1S/C25H23FN4O3S2/c1-17-9-11-18(12-10-17)35(32,33)28-21-7-3-2-5-19(21)24(31)29-13-15-30(16-14-29)25-27-23-20(26)6-4-8-22(23)34-25/h2-12,28H,13-16H2,1H3. The van der Waals surface area contributed by atoms with Crippen LogP contribution in [0.1, 0.15) is 15.9 Å². The zero-order valence-corrected chi connectivity index (χ0v) is 20.6. The second-order valence-electron chi connectivity index (χ2n) is 8.33. The highest BCUT2D eigenvalue weighted by atomic mass is 32.2. The zero-order valence-electron chi connectivity index (χ0n) is 18.9. The molecule has 7 nitrogen and oxygen atoms in total. The third-order valence-electron chi connectivity index (χ3n) is 5.93. The Morgan fingerprint density at radius 1 is 0.971 bits per heavy atom. The molecule has 1 N–H and O–H groups in total. The van der Waals surface area contributed by atoms with E-state index in [-0.39, 0.29) is 22.3 Å². The Morgan fingerprint density at radius 3 is 2.40 bits per heavy atom. The highest BCUT2D eigenvalue weighted by Crippen LogP contribution is 2.31. The van der Waals surface area contributed by atoms with Crippen molar-refractivity contribution in [3.63, 3.8) is 0 Å². The maximum atomic E-state index is 14.0. The van der Waals surface area contributed by atoms with E-state index in [9.17, 15) is 17.6 Å². The van der Waals surface area contributed by atoms with Crippen LogP contribution in [0, 0.1) is 12.7 Å². The molecule has 5 rings (SSSR count). The minimum atomic E-state index is -3.84. The molecule has 35 heavy (non-hydrogen) atoms. The van der Waals surface area contributed by atoms with E-state index in [1.165, 1.54) is 29.5 Å². The molecule has 10 heteroatoms. The number of carbonyl (C=O) groups excluding carboxylic acids is 1. The molecular formula is C25H23FN4O3S2. The van der Waals surface area contributed by atoms with Gasteiger partial charge in [0.15, 0.2) is 5.13 Å². The largest absolute Gasteiger partial charge is 0.345 e. The highest BCUT2D eigenvalue weighted by Gasteiger charge is 2.26. The third-order valence-corrected chi connectivity index (χ3v) is 8.39. The second kappa shape index (κ2) is 9.27. The molecule has 1 aliphatic heterocycles. The van der Waals surface area contributed by atoms with E-state index in [2.05, 4.69) is 9.71 Å². The van der Waals surface area contributed by atoms with E-state index in [4.69, 9.17) is 0 Å². The normalized spacial score (nSPS) is 14.3. The van der Waals surface area contributed by atoms with E-state index in [1.54, 1.807) is 47.4 Å². The number of carbonyl (C=O) groups is 1. The van der Waals surface area contributed by atoms with Gasteiger partial charge < -0.3 is 9.80 Å². The number of hydrogen-bond acceptors (Lipinski definition) is 6. The van der Waals surface area contributed by atoms with Gasteiger partial charge in [-0.15, -0.1) is 0 Å². The molecule has 0 aliphatic carbocycles. The monoisotopic (exact) mass is 510 g/mol. The predicted octanol–water partition coefficient (Wildman–Crippen LogP) is 4.51. The van der Waals surface area contributed by atoms with Crippen LogP contribution in [0.15, 0.2) is 71.6 Å². The smallest absolute Gasteiger partial charge is 0.261 e. The Balaban J connectivity index is 1.31. The summed E-state index contributed by atoms with van der Waals surface area (Å²) in [6, 6.07) is 18.0. The van der Waals surface area contributed by atoms with Crippen molar-refractivity contribution in [1.29, 1.82) is 0 Å². The lowest BCUT2D eigenvalue weighted by Crippen LogP contribution is -2.48. The lowest BCUT2D eigenvalue weighted by Gasteiger charge is -2.34. The fourth-order valence-corrected chi connectivity index (χ4v) is 6.10. The molecule has 1 amide bonds. The average molecular weight is 511 g/mol. The molecule has 1 saturated heterocycles. The van der Waals surface area contributed by atoms with Crippen molar-refractivity contribution in [2.75, 3.05) is 35.8 Å². The molecular weight excluding hydrogens is 487 g/mol. The Kier molecular flexibility index (Phi) is 6.16. The number of aryl methyl sites for hydroxylation is 1. The Bertz CT molecular complexity index is 1490. The van der Waals surface area contributed by atoms with Crippen LogP contribution in [0.4, 0.5) is 15.2 Å². The molecule has 0 bridgehead atoms. The van der Waals surface area contributed by atoms with Crippen molar-refractivity contribution in [1.82, 2.24) is 9.88 Å². The predicted molar refractivity (Wildman–Crippen MR) is 136 cm³/mol. The number of hydrogen-bond donors (Lipinski definition) is 1. The SMILES string of the molecule is Cc1ccc(S(=O)(=O)Nc2ccccc2C(=O)N2CCN(c3nc4c(F)cccc4s3)CC2)cc1. The number of nitrogens with one attached hydrogen (secondary N) is 1. The van der Waals surface area contributed by atoms with Crippen LogP contribution in [0.2, 0.25) is 0 Å². The number of aromatic nitrogens is 1. The first-order valence-electron chi connectivity index (χ1n) is 11.1. The number of piperazine rings is 1. The van der Waals surface area contributed by atoms with Crippen LogP contribution in [-0.2, 0) is 10.0 Å². The van der Waals surface area contributed by atoms with Gasteiger partial charge in [-0.2, -0.15) is 0 Å². The molecule has 1 aliphatic rings. The number of fused-ring (bicyclic) bond motifs is 1. The summed E-state index contributed by atoms with van der Waals surface area (Å²) < 4.78 is 43.2. The quantitative estimate of drug-likeness (QED) is 0.427. The maximum Gasteiger partial charge on any atom is 0.261 e. The fourth-order valence-electron chi connectivity index (χ4n) is 3.99. The summed E-state index contributed by atoms with van der Waals surface area (Å²) in [7, 11) is -3.84. The number of rotatable bonds is 5. The van der Waals surface area contributed by atoms with E-state index in [1.807, 2.05) is 17.9 Å². The Labute approximate surface area is 206 Å². The van der Waals surface area contributed by atoms with Crippen molar-refractivity contribution in [2.45, 2.75) is 11.8 Å². The molecule has 3 aromatic carbocycles. The molecule has 0 saturated carbocycles. The summed E-state index contributed by atoms with van der Waals surface area (Å²) in [4.78, 5) is 21.6. The maximum absolute atomic E-state index is 14.0. The van der Waals surface area contributed by atoms with Crippen LogP contribution in [-0.4, -0.2) is 50.4 Å². The van der Waals surface area contributed by atoms with E-state index >= 15 is 0 Å². The fraction of sp³-hybridized carbons (Fsp3) is 0.200. The molecule has 1 aromatic heterocycles. The van der Waals surface area contributed by atoms with Crippen LogP contribution in [0.5, 0.6) is 0 Å². The molecule has 4 aromatic rings. The third kappa shape index (κ3) is 4.71. The number of anilines is 2. The van der Waals surface area contributed by atoms with Gasteiger partial charge in [0.2, 0.25) is 0 Å². The summed E-state index contributed by atoms with van der Waals surface area (Å²) in [5.41, 5.74) is 1.84. The van der Waals surface area contributed by atoms with Gasteiger partial charge in [-0.1, -0.05) is 47.2 Å². The summed E-state index contributed by atoms with van der Waals surface area (Å²) >= 11 is 1.43. The van der Waals surface area contributed by atoms with Gasteiger partial charge in [-0.25, -0.2) is 17.8 Å². The number of thiazole rings is 1. The minimum absolute atomic E-state index is 0.131. The number of halogens is 1. The zero-order chi connectivity index (χ0) is 24.6. The Hall–Kier alpha value is -3.50. The first-order valence-corrected chi connectivity index (χ1v) is 13.4. The van der Waals surface area contributed by atoms with Crippen molar-refractivity contribution in [3.05, 3.63) is 83.7 Å². The van der Waals surface area contributed by atoms with Crippen molar-refractivity contribution in [3.8, 4) is 0 Å². The van der Waals surface area contributed by atoms with Crippen LogP contribution in [0.25, 0.3) is 10.2 Å². The van der Waals surface area contributed by atoms with Gasteiger partial charge in [-0.05, 0) is 43.3 Å². The minimum Gasteiger partial charge on any atom is -0.345 e. The summed E-state index contributed by atoms with van der Waals surface area (Å²) in [6.45, 7) is 3.86. The van der Waals surface area contributed by atoms with E-state index < -0.39 is 10.0 Å². The van der Waals surface area contributed by atoms with E-state index in [0.717, 1.165) is 15.4 Å². The molecule has 0 atom stereocenters. The van der Waals surface area contributed by atoms with Gasteiger partial charge in [0.05, 0.1) is 20.8 Å². The van der Waals surface area contributed by atoms with Crippen LogP contribution >= 0.6 is 11.3 Å². The van der Waals surface area contributed by atoms with Crippen molar-refractivity contribution in [2.24, 2.45) is 0 Å². The number of amides is 1. The lowest BCUT2D eigenvalue weighted by molar-refractivity contribution is 0.0748. The number of nitrogens with zero attached hydrogens (tertiary/aromatic N) is 3. The van der Waals surface area contributed by atoms with E-state index in [0.29, 0.717) is 37.3 Å². The van der Waals surface area contributed by atoms with Gasteiger partial charge in [-0.3, -0.25) is 9.52 Å². The summed E-state index contributed by atoms with van der Waals surface area (Å²) in [5.74, 6) is -0.592. The molecule has 180 valence electrons. The van der Waals surface area contributed by atoms with Gasteiger partial charge >= 0.3 is 0 Å². The van der Waals surface area contributed by atoms with Gasteiger partial charge in [0.1, 0.15) is 11.3 Å². The average Bonchev–Trinajstić information content (AvgIpc) is 3.30. The molecule has 2 heterocycles. The summed E-state index contributed by atoms with van der Waals surface area (Å²) in [6.07, 6.45) is 0. The molecule has 0 spiro atoms. The van der Waals surface area contributed by atoms with Crippen LogP contribution < -0.4 is 9.62 Å². The Morgan fingerprint density at radius 2 is 1.69 bits per heavy atom. The number of sulfonamides is 1. The number of para-hydroxylation sites is 2. The highest BCUT2D eigenvalue weighted by molar-refractivity contribution is 7.92. The molecule has 1 fully saturated rings. The first-order chi connectivity index (χ1) is 16.8. The van der Waals surface area contributed by atoms with Gasteiger partial charge in [0.25, 0.3) is 15.9 Å². The first kappa shape index (κ1) is 23.3. The second-order valence-corrected chi connectivity index (χ2v) is 11.0. The number of benzene rings is 3. The summed E-state index contributed by atoms with van der Waals surface area (Å²) in [5, 5.41) is 0.725. The van der Waals surface area contributed by atoms with Gasteiger partial charge in [0, 0.05) is 26.2 Å². The lowest BCUT2D eigenvalue weighted by atomic mass is 10.1. The topological polar surface area (TPSA) is 82.6 Å². The van der Waals surface area contributed by atoms with Crippen LogP contribution in [0.3, 0.4) is 0 Å².